The molecule has 0 aliphatic heterocycles. The monoisotopic (exact) mass is 195 g/mol. The fourth-order valence-electron chi connectivity index (χ4n) is 1.92. The first-order valence-corrected chi connectivity index (χ1v) is 5.04. The van der Waals surface area contributed by atoms with Crippen molar-refractivity contribution in [2.75, 3.05) is 0 Å². The van der Waals surface area contributed by atoms with Crippen molar-refractivity contribution < 1.29 is 0 Å². The molecule has 0 aromatic heterocycles. The Morgan fingerprint density at radius 3 is 2.23 bits per heavy atom. The van der Waals surface area contributed by atoms with Crippen LogP contribution in [0.4, 0.5) is 0 Å². The van der Waals surface area contributed by atoms with E-state index in [0.717, 1.165) is 5.02 Å². The minimum Gasteiger partial charge on any atom is -0.327 e. The molecule has 13 heavy (non-hydrogen) atoms. The van der Waals surface area contributed by atoms with Gasteiger partial charge in [-0.25, -0.2) is 0 Å². The van der Waals surface area contributed by atoms with Crippen LogP contribution in [-0.2, 0) is 5.41 Å². The van der Waals surface area contributed by atoms with Crippen LogP contribution in [0.25, 0.3) is 0 Å². The standard InChI is InChI=1S/C11H14ClN/c1-8(13)11(6-7-11)9-2-4-10(12)5-3-9/h2-5,8H,6-7,13H2,1H3. The minimum atomic E-state index is 0.244. The number of halogens is 1. The van der Waals surface area contributed by atoms with Crippen molar-refractivity contribution in [2.24, 2.45) is 5.73 Å². The van der Waals surface area contributed by atoms with Gasteiger partial charge in [-0.3, -0.25) is 0 Å². The lowest BCUT2D eigenvalue weighted by Crippen LogP contribution is -2.31. The summed E-state index contributed by atoms with van der Waals surface area (Å²) in [6.45, 7) is 2.08. The van der Waals surface area contributed by atoms with Crippen molar-refractivity contribution in [3.05, 3.63) is 34.9 Å². The van der Waals surface area contributed by atoms with Gasteiger partial charge in [0.05, 0.1) is 0 Å². The summed E-state index contributed by atoms with van der Waals surface area (Å²) in [5.41, 5.74) is 7.56. The first kappa shape index (κ1) is 9.04. The van der Waals surface area contributed by atoms with Gasteiger partial charge in [-0.05, 0) is 37.5 Å². The molecule has 1 saturated carbocycles. The summed E-state index contributed by atoms with van der Waals surface area (Å²) < 4.78 is 0. The Morgan fingerprint density at radius 1 is 1.31 bits per heavy atom. The Hall–Kier alpha value is -0.530. The molecule has 0 spiro atoms. The molecule has 1 aliphatic rings. The third kappa shape index (κ3) is 1.47. The highest BCUT2D eigenvalue weighted by molar-refractivity contribution is 6.30. The van der Waals surface area contributed by atoms with Gasteiger partial charge in [-0.15, -0.1) is 0 Å². The zero-order chi connectivity index (χ0) is 9.47. The summed E-state index contributed by atoms with van der Waals surface area (Å²) in [6, 6.07) is 8.32. The van der Waals surface area contributed by atoms with Crippen LogP contribution in [0.5, 0.6) is 0 Å². The second kappa shape index (κ2) is 3.00. The minimum absolute atomic E-state index is 0.244. The maximum atomic E-state index is 5.97. The third-order valence-electron chi connectivity index (χ3n) is 3.08. The summed E-state index contributed by atoms with van der Waals surface area (Å²) in [5.74, 6) is 0. The van der Waals surface area contributed by atoms with Crippen molar-refractivity contribution in [1.29, 1.82) is 0 Å². The van der Waals surface area contributed by atoms with Crippen LogP contribution in [0.1, 0.15) is 25.3 Å². The molecular weight excluding hydrogens is 182 g/mol. The Bertz CT molecular complexity index is 298. The molecule has 1 aliphatic carbocycles. The van der Waals surface area contributed by atoms with Crippen molar-refractivity contribution in [2.45, 2.75) is 31.2 Å². The van der Waals surface area contributed by atoms with Crippen LogP contribution in [0.15, 0.2) is 24.3 Å². The van der Waals surface area contributed by atoms with Crippen LogP contribution < -0.4 is 5.73 Å². The van der Waals surface area contributed by atoms with E-state index in [2.05, 4.69) is 19.1 Å². The number of hydrogen-bond donors (Lipinski definition) is 1. The Kier molecular flexibility index (Phi) is 2.09. The molecule has 1 fully saturated rings. The van der Waals surface area contributed by atoms with Crippen molar-refractivity contribution in [1.82, 2.24) is 0 Å². The van der Waals surface area contributed by atoms with Crippen molar-refractivity contribution >= 4 is 11.6 Å². The van der Waals surface area contributed by atoms with Gasteiger partial charge in [-0.2, -0.15) is 0 Å². The Labute approximate surface area is 83.9 Å². The first-order valence-electron chi connectivity index (χ1n) is 4.67. The Morgan fingerprint density at radius 2 is 1.85 bits per heavy atom. The molecule has 1 aromatic carbocycles. The Balaban J connectivity index is 2.31. The average molecular weight is 196 g/mol. The van der Waals surface area contributed by atoms with Gasteiger partial charge >= 0.3 is 0 Å². The predicted octanol–water partition coefficient (Wildman–Crippen LogP) is 2.72. The third-order valence-corrected chi connectivity index (χ3v) is 3.33. The van der Waals surface area contributed by atoms with Crippen LogP contribution in [0.3, 0.4) is 0 Å². The maximum absolute atomic E-state index is 5.97. The van der Waals surface area contributed by atoms with Crippen LogP contribution >= 0.6 is 11.6 Å². The quantitative estimate of drug-likeness (QED) is 0.772. The summed E-state index contributed by atoms with van der Waals surface area (Å²) in [6.07, 6.45) is 2.43. The number of rotatable bonds is 2. The number of hydrogen-bond acceptors (Lipinski definition) is 1. The smallest absolute Gasteiger partial charge is 0.0406 e. The van der Waals surface area contributed by atoms with Crippen molar-refractivity contribution in [3.8, 4) is 0 Å². The fraction of sp³-hybridized carbons (Fsp3) is 0.455. The molecule has 2 N–H and O–H groups in total. The van der Waals surface area contributed by atoms with E-state index in [1.54, 1.807) is 0 Å². The van der Waals surface area contributed by atoms with Crippen LogP contribution in [0.2, 0.25) is 5.02 Å². The van der Waals surface area contributed by atoms with E-state index in [1.165, 1.54) is 18.4 Å². The molecule has 1 nitrogen and oxygen atoms in total. The molecule has 1 aromatic rings. The molecule has 1 atom stereocenters. The lowest BCUT2D eigenvalue weighted by Gasteiger charge is -2.19. The fourth-order valence-corrected chi connectivity index (χ4v) is 2.05. The lowest BCUT2D eigenvalue weighted by atomic mass is 9.90. The lowest BCUT2D eigenvalue weighted by molar-refractivity contribution is 0.557. The molecule has 0 amide bonds. The SMILES string of the molecule is CC(N)C1(c2ccc(Cl)cc2)CC1. The summed E-state index contributed by atoms with van der Waals surface area (Å²) in [7, 11) is 0. The van der Waals surface area contributed by atoms with E-state index in [4.69, 9.17) is 17.3 Å². The number of benzene rings is 1. The summed E-state index contributed by atoms with van der Waals surface area (Å²) >= 11 is 5.83. The van der Waals surface area contributed by atoms with E-state index in [9.17, 15) is 0 Å². The van der Waals surface area contributed by atoms with Gasteiger partial charge in [0.1, 0.15) is 0 Å². The first-order chi connectivity index (χ1) is 6.15. The molecule has 0 bridgehead atoms. The molecule has 0 heterocycles. The normalized spacial score (nSPS) is 21.2. The highest BCUT2D eigenvalue weighted by Crippen LogP contribution is 2.50. The largest absolute Gasteiger partial charge is 0.327 e. The van der Waals surface area contributed by atoms with Crippen molar-refractivity contribution in [3.63, 3.8) is 0 Å². The van der Waals surface area contributed by atoms with Crippen LogP contribution in [0, 0.1) is 0 Å². The molecule has 2 heteroatoms. The maximum Gasteiger partial charge on any atom is 0.0406 e. The van der Waals surface area contributed by atoms with E-state index in [1.807, 2.05) is 12.1 Å². The zero-order valence-electron chi connectivity index (χ0n) is 7.76. The van der Waals surface area contributed by atoms with E-state index in [-0.39, 0.29) is 11.5 Å². The van der Waals surface area contributed by atoms with Crippen LogP contribution in [-0.4, -0.2) is 6.04 Å². The molecule has 1 unspecified atom stereocenters. The molecule has 2 rings (SSSR count). The topological polar surface area (TPSA) is 26.0 Å². The highest BCUT2D eigenvalue weighted by Gasteiger charge is 2.47. The second-order valence-electron chi connectivity index (χ2n) is 3.95. The summed E-state index contributed by atoms with van der Waals surface area (Å²) in [5, 5.41) is 0.796. The molecular formula is C11H14ClN. The number of nitrogens with two attached hydrogens (primary N) is 1. The molecule has 70 valence electrons. The van der Waals surface area contributed by atoms with E-state index in [0.29, 0.717) is 0 Å². The van der Waals surface area contributed by atoms with E-state index < -0.39 is 0 Å². The van der Waals surface area contributed by atoms with Gasteiger partial charge < -0.3 is 5.73 Å². The van der Waals surface area contributed by atoms with Gasteiger partial charge in [0, 0.05) is 16.5 Å². The van der Waals surface area contributed by atoms with E-state index >= 15 is 0 Å². The van der Waals surface area contributed by atoms with Gasteiger partial charge in [0.25, 0.3) is 0 Å². The second-order valence-corrected chi connectivity index (χ2v) is 4.39. The highest BCUT2D eigenvalue weighted by atomic mass is 35.5. The zero-order valence-corrected chi connectivity index (χ0v) is 8.51. The van der Waals surface area contributed by atoms with Gasteiger partial charge in [0.15, 0.2) is 0 Å². The predicted molar refractivity (Wildman–Crippen MR) is 56.0 cm³/mol. The average Bonchev–Trinajstić information content (AvgIpc) is 2.86. The summed E-state index contributed by atoms with van der Waals surface area (Å²) in [4.78, 5) is 0. The van der Waals surface area contributed by atoms with Gasteiger partial charge in [-0.1, -0.05) is 23.7 Å². The molecule has 0 saturated heterocycles. The molecule has 0 radical (unpaired) electrons. The van der Waals surface area contributed by atoms with Gasteiger partial charge in [0.2, 0.25) is 0 Å².